The van der Waals surface area contributed by atoms with Crippen LogP contribution in [0.1, 0.15) is 33.4 Å². The number of hydrogen-bond acceptors (Lipinski definition) is 3. The van der Waals surface area contributed by atoms with Crippen molar-refractivity contribution in [3.8, 4) is 6.07 Å². The lowest BCUT2D eigenvalue weighted by molar-refractivity contribution is 0.0977. The molecule has 0 N–H and O–H groups in total. The first-order chi connectivity index (χ1) is 9.04. The highest BCUT2D eigenvalue weighted by Crippen LogP contribution is 2.29. The molecule has 3 nitrogen and oxygen atoms in total. The third-order valence-corrected chi connectivity index (χ3v) is 3.64. The summed E-state index contributed by atoms with van der Waals surface area (Å²) in [6, 6.07) is 11.0. The molecule has 0 spiro atoms. The van der Waals surface area contributed by atoms with Crippen LogP contribution in [0.2, 0.25) is 0 Å². The van der Waals surface area contributed by atoms with Gasteiger partial charge < -0.3 is 4.42 Å². The Morgan fingerprint density at radius 1 is 1.37 bits per heavy atom. The molecule has 1 heterocycles. The Kier molecular flexibility index (Phi) is 3.87. The Morgan fingerprint density at radius 3 is 2.58 bits per heavy atom. The molecule has 2 rings (SSSR count). The number of nitrogens with zero attached hydrogens (tertiary/aromatic N) is 1. The zero-order valence-corrected chi connectivity index (χ0v) is 12.2. The number of halogens is 1. The van der Waals surface area contributed by atoms with Crippen molar-refractivity contribution in [2.24, 2.45) is 0 Å². The van der Waals surface area contributed by atoms with Gasteiger partial charge in [0.15, 0.2) is 5.78 Å². The van der Waals surface area contributed by atoms with E-state index in [1.165, 1.54) is 0 Å². The Balaban J connectivity index is 2.44. The monoisotopic (exact) mass is 317 g/mol. The average molecular weight is 318 g/mol. The van der Waals surface area contributed by atoms with Crippen LogP contribution in [-0.4, -0.2) is 5.78 Å². The van der Waals surface area contributed by atoms with E-state index in [4.69, 9.17) is 4.42 Å². The highest BCUT2D eigenvalue weighted by Gasteiger charge is 2.26. The maximum absolute atomic E-state index is 12.5. The summed E-state index contributed by atoms with van der Waals surface area (Å²) < 4.78 is 6.11. The standard InChI is InChI=1S/C15H12BrNO2/c1-9-7-12(10(2)19-9)15(18)13(8-17)11-5-3-4-6-14(11)16/h3-7,13H,1-2H3. The van der Waals surface area contributed by atoms with Gasteiger partial charge in [-0.25, -0.2) is 0 Å². The summed E-state index contributed by atoms with van der Waals surface area (Å²) in [6.45, 7) is 3.51. The normalized spacial score (nSPS) is 11.9. The molecule has 19 heavy (non-hydrogen) atoms. The molecule has 96 valence electrons. The Morgan fingerprint density at radius 2 is 2.05 bits per heavy atom. The average Bonchev–Trinajstić information content (AvgIpc) is 2.71. The third-order valence-electron chi connectivity index (χ3n) is 2.91. The first kappa shape index (κ1) is 13.6. The van der Waals surface area contributed by atoms with Crippen molar-refractivity contribution in [2.75, 3.05) is 0 Å². The van der Waals surface area contributed by atoms with E-state index in [2.05, 4.69) is 22.0 Å². The van der Waals surface area contributed by atoms with Crippen molar-refractivity contribution < 1.29 is 9.21 Å². The molecule has 2 aromatic rings. The number of furan rings is 1. The molecular formula is C15H12BrNO2. The van der Waals surface area contributed by atoms with Gasteiger partial charge in [-0.15, -0.1) is 0 Å². The molecule has 1 unspecified atom stereocenters. The molecule has 1 aromatic heterocycles. The fourth-order valence-corrected chi connectivity index (χ4v) is 2.52. The van der Waals surface area contributed by atoms with E-state index >= 15 is 0 Å². The molecule has 0 amide bonds. The van der Waals surface area contributed by atoms with Crippen molar-refractivity contribution >= 4 is 21.7 Å². The van der Waals surface area contributed by atoms with Gasteiger partial charge in [0.05, 0.1) is 11.6 Å². The second-order valence-electron chi connectivity index (χ2n) is 4.27. The van der Waals surface area contributed by atoms with Gasteiger partial charge in [-0.3, -0.25) is 4.79 Å². The summed E-state index contributed by atoms with van der Waals surface area (Å²) in [6.07, 6.45) is 0. The molecular weight excluding hydrogens is 306 g/mol. The zero-order chi connectivity index (χ0) is 14.0. The van der Waals surface area contributed by atoms with E-state index in [-0.39, 0.29) is 5.78 Å². The van der Waals surface area contributed by atoms with Crippen LogP contribution in [0.15, 0.2) is 39.2 Å². The van der Waals surface area contributed by atoms with E-state index in [1.54, 1.807) is 26.0 Å². The lowest BCUT2D eigenvalue weighted by atomic mass is 9.92. The molecule has 0 saturated heterocycles. The lowest BCUT2D eigenvalue weighted by Gasteiger charge is -2.09. The summed E-state index contributed by atoms with van der Waals surface area (Å²) in [7, 11) is 0. The van der Waals surface area contributed by atoms with Crippen molar-refractivity contribution in [1.29, 1.82) is 5.26 Å². The highest BCUT2D eigenvalue weighted by molar-refractivity contribution is 9.10. The predicted molar refractivity (Wildman–Crippen MR) is 75.0 cm³/mol. The second-order valence-corrected chi connectivity index (χ2v) is 5.13. The molecule has 0 aliphatic heterocycles. The Bertz CT molecular complexity index is 667. The molecule has 0 aliphatic rings. The van der Waals surface area contributed by atoms with E-state index in [9.17, 15) is 10.1 Å². The molecule has 0 saturated carbocycles. The zero-order valence-electron chi connectivity index (χ0n) is 10.6. The molecule has 0 bridgehead atoms. The van der Waals surface area contributed by atoms with Gasteiger partial charge in [-0.2, -0.15) is 5.26 Å². The minimum atomic E-state index is -0.828. The number of benzene rings is 1. The van der Waals surface area contributed by atoms with E-state index in [1.807, 2.05) is 18.2 Å². The van der Waals surface area contributed by atoms with Crippen LogP contribution < -0.4 is 0 Å². The number of Topliss-reactive ketones (excluding diaryl/α,β-unsaturated/α-hetero) is 1. The number of hydrogen-bond donors (Lipinski definition) is 0. The Labute approximate surface area is 120 Å². The maximum atomic E-state index is 12.5. The molecule has 0 aliphatic carbocycles. The summed E-state index contributed by atoms with van der Waals surface area (Å²) in [5.41, 5.74) is 1.15. The first-order valence-electron chi connectivity index (χ1n) is 5.80. The van der Waals surface area contributed by atoms with Gasteiger partial charge in [-0.05, 0) is 31.5 Å². The van der Waals surface area contributed by atoms with Crippen LogP contribution in [0.4, 0.5) is 0 Å². The summed E-state index contributed by atoms with van der Waals surface area (Å²) >= 11 is 3.38. The highest BCUT2D eigenvalue weighted by atomic mass is 79.9. The van der Waals surface area contributed by atoms with Crippen LogP contribution in [0.25, 0.3) is 0 Å². The number of carbonyl (C=O) groups is 1. The summed E-state index contributed by atoms with van der Waals surface area (Å²) in [5, 5.41) is 9.31. The van der Waals surface area contributed by atoms with Crippen molar-refractivity contribution in [1.82, 2.24) is 0 Å². The Hall–Kier alpha value is -1.86. The van der Waals surface area contributed by atoms with Gasteiger partial charge in [0, 0.05) is 4.47 Å². The molecule has 4 heteroatoms. The van der Waals surface area contributed by atoms with Gasteiger partial charge >= 0.3 is 0 Å². The lowest BCUT2D eigenvalue weighted by Crippen LogP contribution is -2.12. The first-order valence-corrected chi connectivity index (χ1v) is 6.59. The topological polar surface area (TPSA) is 54.0 Å². The van der Waals surface area contributed by atoms with Gasteiger partial charge in [-0.1, -0.05) is 34.1 Å². The number of aryl methyl sites for hydroxylation is 2. The van der Waals surface area contributed by atoms with Crippen LogP contribution in [0.3, 0.4) is 0 Å². The van der Waals surface area contributed by atoms with E-state index < -0.39 is 5.92 Å². The number of nitriles is 1. The summed E-state index contributed by atoms with van der Waals surface area (Å²) in [5.74, 6) is 0.162. The summed E-state index contributed by atoms with van der Waals surface area (Å²) in [4.78, 5) is 12.5. The van der Waals surface area contributed by atoms with Crippen molar-refractivity contribution in [3.63, 3.8) is 0 Å². The van der Waals surface area contributed by atoms with Gasteiger partial charge in [0.2, 0.25) is 0 Å². The fraction of sp³-hybridized carbons (Fsp3) is 0.200. The number of rotatable bonds is 3. The van der Waals surface area contributed by atoms with Crippen molar-refractivity contribution in [2.45, 2.75) is 19.8 Å². The molecule has 0 radical (unpaired) electrons. The number of carbonyl (C=O) groups excluding carboxylic acids is 1. The van der Waals surface area contributed by atoms with E-state index in [0.717, 1.165) is 4.47 Å². The molecule has 1 aromatic carbocycles. The van der Waals surface area contributed by atoms with Crippen LogP contribution in [0.5, 0.6) is 0 Å². The molecule has 0 fully saturated rings. The number of ketones is 1. The smallest absolute Gasteiger partial charge is 0.187 e. The van der Waals surface area contributed by atoms with Crippen LogP contribution in [0, 0.1) is 25.2 Å². The minimum absolute atomic E-state index is 0.233. The van der Waals surface area contributed by atoms with E-state index in [0.29, 0.717) is 22.6 Å². The fourth-order valence-electron chi connectivity index (χ4n) is 2.01. The van der Waals surface area contributed by atoms with Gasteiger partial charge in [0.1, 0.15) is 17.4 Å². The van der Waals surface area contributed by atoms with Crippen LogP contribution in [-0.2, 0) is 0 Å². The largest absolute Gasteiger partial charge is 0.466 e. The minimum Gasteiger partial charge on any atom is -0.466 e. The SMILES string of the molecule is Cc1cc(C(=O)C(C#N)c2ccccc2Br)c(C)o1. The predicted octanol–water partition coefficient (Wildman–Crippen LogP) is 4.15. The van der Waals surface area contributed by atoms with Gasteiger partial charge in [0.25, 0.3) is 0 Å². The second kappa shape index (κ2) is 5.41. The molecule has 1 atom stereocenters. The quantitative estimate of drug-likeness (QED) is 0.799. The van der Waals surface area contributed by atoms with Crippen molar-refractivity contribution in [3.05, 3.63) is 57.5 Å². The maximum Gasteiger partial charge on any atom is 0.187 e. The van der Waals surface area contributed by atoms with Crippen LogP contribution >= 0.6 is 15.9 Å². The third kappa shape index (κ3) is 2.61.